The van der Waals surface area contributed by atoms with E-state index in [1.807, 2.05) is 6.07 Å². The lowest BCUT2D eigenvalue weighted by Gasteiger charge is -2.10. The number of methoxy groups -OCH3 is 1. The van der Waals surface area contributed by atoms with Gasteiger partial charge in [0.1, 0.15) is 11.4 Å². The van der Waals surface area contributed by atoms with Gasteiger partial charge in [0.05, 0.1) is 17.2 Å². The van der Waals surface area contributed by atoms with Crippen LogP contribution in [-0.4, -0.2) is 36.6 Å². The van der Waals surface area contributed by atoms with E-state index in [4.69, 9.17) is 23.2 Å². The highest BCUT2D eigenvalue weighted by molar-refractivity contribution is 6.45. The highest BCUT2D eigenvalue weighted by Gasteiger charge is 2.16. The molecule has 0 unspecified atom stereocenters. The predicted molar refractivity (Wildman–Crippen MR) is 104 cm³/mol. The number of rotatable bonds is 7. The van der Waals surface area contributed by atoms with Crippen LogP contribution < -0.4 is 10.6 Å². The zero-order valence-electron chi connectivity index (χ0n) is 14.4. The van der Waals surface area contributed by atoms with Crippen molar-refractivity contribution in [1.29, 1.82) is 0 Å². The Morgan fingerprint density at radius 3 is 2.62 bits per heavy atom. The van der Waals surface area contributed by atoms with Crippen molar-refractivity contribution in [1.82, 2.24) is 15.2 Å². The fraction of sp³-hybridized carbons (Fsp3) is 0.222. The highest BCUT2D eigenvalue weighted by atomic mass is 35.5. The minimum Gasteiger partial charge on any atom is -0.464 e. The number of ether oxygens (including phenoxy) is 1. The molecule has 1 amide bonds. The summed E-state index contributed by atoms with van der Waals surface area (Å²) in [6, 6.07) is 5.20. The molecule has 1 heterocycles. The molecule has 2 N–H and O–H groups in total. The number of aromatic nitrogens is 1. The molecule has 0 aliphatic carbocycles. The lowest BCUT2D eigenvalue weighted by molar-refractivity contribution is -0.136. The summed E-state index contributed by atoms with van der Waals surface area (Å²) in [6.07, 6.45) is 2.98. The lowest BCUT2D eigenvalue weighted by atomic mass is 10.2. The molecule has 26 heavy (non-hydrogen) atoms. The molecule has 138 valence electrons. The standard InChI is InChI=1S/C18H19Cl2N3O3/c1-4-5-13(18(25)26-3)21-8-9-22-17(24)15-10-11-14(23(15)2)7-6-12(19)16(11)20/h4-7,10,21H,1,8-9H2,2-3H3,(H,22,24)/b13-5-. The second kappa shape index (κ2) is 8.78. The van der Waals surface area contributed by atoms with Gasteiger partial charge in [-0.05, 0) is 24.3 Å². The van der Waals surface area contributed by atoms with E-state index in [1.165, 1.54) is 19.3 Å². The molecule has 2 rings (SSSR count). The molecule has 0 spiro atoms. The Labute approximate surface area is 161 Å². The van der Waals surface area contributed by atoms with Gasteiger partial charge in [0, 0.05) is 31.0 Å². The van der Waals surface area contributed by atoms with Crippen LogP contribution in [0.2, 0.25) is 10.0 Å². The number of esters is 1. The van der Waals surface area contributed by atoms with Crippen LogP contribution in [0.1, 0.15) is 10.5 Å². The van der Waals surface area contributed by atoms with Gasteiger partial charge in [0.15, 0.2) is 0 Å². The van der Waals surface area contributed by atoms with Crippen LogP contribution in [0, 0.1) is 0 Å². The summed E-state index contributed by atoms with van der Waals surface area (Å²) in [5.74, 6) is -0.763. The summed E-state index contributed by atoms with van der Waals surface area (Å²) in [4.78, 5) is 24.0. The maximum absolute atomic E-state index is 12.4. The molecule has 0 saturated carbocycles. The fourth-order valence-corrected chi connectivity index (χ4v) is 2.84. The highest BCUT2D eigenvalue weighted by Crippen LogP contribution is 2.32. The van der Waals surface area contributed by atoms with Gasteiger partial charge in [-0.15, -0.1) is 0 Å². The number of hydrogen-bond acceptors (Lipinski definition) is 4. The van der Waals surface area contributed by atoms with Crippen LogP contribution in [-0.2, 0) is 16.6 Å². The molecule has 6 nitrogen and oxygen atoms in total. The molecule has 8 heteroatoms. The summed E-state index contributed by atoms with van der Waals surface area (Å²) in [6.45, 7) is 4.19. The van der Waals surface area contributed by atoms with E-state index in [-0.39, 0.29) is 11.6 Å². The van der Waals surface area contributed by atoms with Gasteiger partial charge in [0.25, 0.3) is 5.91 Å². The predicted octanol–water partition coefficient (Wildman–Crippen LogP) is 3.05. The first-order valence-electron chi connectivity index (χ1n) is 7.77. The number of nitrogens with zero attached hydrogens (tertiary/aromatic N) is 1. The second-order valence-electron chi connectivity index (χ2n) is 5.37. The number of fused-ring (bicyclic) bond motifs is 1. The monoisotopic (exact) mass is 395 g/mol. The minimum absolute atomic E-state index is 0.259. The number of nitrogens with one attached hydrogen (secondary N) is 2. The molecule has 0 fully saturated rings. The van der Waals surface area contributed by atoms with Gasteiger partial charge in [-0.2, -0.15) is 0 Å². The van der Waals surface area contributed by atoms with E-state index < -0.39 is 5.97 Å². The van der Waals surface area contributed by atoms with E-state index in [0.717, 1.165) is 5.52 Å². The number of amides is 1. The van der Waals surface area contributed by atoms with Gasteiger partial charge in [-0.3, -0.25) is 4.79 Å². The number of hydrogen-bond donors (Lipinski definition) is 2. The quantitative estimate of drug-likeness (QED) is 0.327. The average Bonchev–Trinajstić information content (AvgIpc) is 2.97. The van der Waals surface area contributed by atoms with Crippen molar-refractivity contribution in [2.75, 3.05) is 20.2 Å². The zero-order chi connectivity index (χ0) is 19.3. The third kappa shape index (κ3) is 4.20. The van der Waals surface area contributed by atoms with E-state index in [1.54, 1.807) is 23.7 Å². The number of carbonyl (C=O) groups is 2. The van der Waals surface area contributed by atoms with Crippen LogP contribution >= 0.6 is 23.2 Å². The van der Waals surface area contributed by atoms with Crippen molar-refractivity contribution >= 4 is 46.0 Å². The molecular formula is C18H19Cl2N3O3. The molecule has 1 aromatic heterocycles. The molecule has 0 saturated heterocycles. The second-order valence-corrected chi connectivity index (χ2v) is 6.16. The van der Waals surface area contributed by atoms with Gasteiger partial charge >= 0.3 is 5.97 Å². The van der Waals surface area contributed by atoms with Crippen molar-refractivity contribution < 1.29 is 14.3 Å². The first kappa shape index (κ1) is 19.9. The summed E-state index contributed by atoms with van der Waals surface area (Å²) in [5, 5.41) is 7.24. The molecule has 0 aliphatic heterocycles. The fourth-order valence-electron chi connectivity index (χ4n) is 2.46. The number of halogens is 2. The molecule has 1 aromatic carbocycles. The van der Waals surface area contributed by atoms with Gasteiger partial charge in [-0.25, -0.2) is 4.79 Å². The third-order valence-corrected chi connectivity index (χ3v) is 4.58. The van der Waals surface area contributed by atoms with Crippen molar-refractivity contribution in [3.05, 3.63) is 58.4 Å². The average molecular weight is 396 g/mol. The smallest absolute Gasteiger partial charge is 0.354 e. The summed E-state index contributed by atoms with van der Waals surface area (Å²) in [5.41, 5.74) is 1.53. The molecule has 0 radical (unpaired) electrons. The number of benzene rings is 1. The Bertz CT molecular complexity index is 887. The third-order valence-electron chi connectivity index (χ3n) is 3.76. The van der Waals surface area contributed by atoms with Crippen LogP contribution in [0.25, 0.3) is 10.9 Å². The van der Waals surface area contributed by atoms with E-state index in [0.29, 0.717) is 34.2 Å². The lowest BCUT2D eigenvalue weighted by Crippen LogP contribution is -2.34. The van der Waals surface area contributed by atoms with E-state index >= 15 is 0 Å². The molecule has 2 aromatic rings. The van der Waals surface area contributed by atoms with Crippen LogP contribution in [0.5, 0.6) is 0 Å². The number of aryl methyl sites for hydroxylation is 1. The summed E-state index contributed by atoms with van der Waals surface area (Å²) in [7, 11) is 3.07. The first-order valence-corrected chi connectivity index (χ1v) is 8.52. The Balaban J connectivity index is 2.03. The van der Waals surface area contributed by atoms with Gasteiger partial charge < -0.3 is 19.9 Å². The Morgan fingerprint density at radius 2 is 1.96 bits per heavy atom. The molecule has 0 aliphatic rings. The number of carbonyl (C=O) groups excluding carboxylic acids is 2. The van der Waals surface area contributed by atoms with Crippen LogP contribution in [0.4, 0.5) is 0 Å². The van der Waals surface area contributed by atoms with Crippen LogP contribution in [0.15, 0.2) is 42.6 Å². The molecular weight excluding hydrogens is 377 g/mol. The first-order chi connectivity index (χ1) is 12.4. The summed E-state index contributed by atoms with van der Waals surface area (Å²) >= 11 is 12.2. The maximum Gasteiger partial charge on any atom is 0.354 e. The molecule has 0 atom stereocenters. The SMILES string of the molecule is C=C/C=C(\NCCNC(=O)c1cc2c(Cl)c(Cl)ccc2n1C)C(=O)OC. The van der Waals surface area contributed by atoms with Crippen molar-refractivity contribution in [3.8, 4) is 0 Å². The summed E-state index contributed by atoms with van der Waals surface area (Å²) < 4.78 is 6.40. The molecule has 0 bridgehead atoms. The largest absolute Gasteiger partial charge is 0.464 e. The number of allylic oxidation sites excluding steroid dienone is 2. The van der Waals surface area contributed by atoms with Gasteiger partial charge in [-0.1, -0.05) is 35.9 Å². The van der Waals surface area contributed by atoms with Crippen molar-refractivity contribution in [2.24, 2.45) is 7.05 Å². The van der Waals surface area contributed by atoms with E-state index in [2.05, 4.69) is 21.9 Å². The minimum atomic E-state index is -0.503. The van der Waals surface area contributed by atoms with Crippen LogP contribution in [0.3, 0.4) is 0 Å². The maximum atomic E-state index is 12.4. The van der Waals surface area contributed by atoms with Gasteiger partial charge in [0.2, 0.25) is 0 Å². The Kier molecular flexibility index (Phi) is 6.71. The van der Waals surface area contributed by atoms with Crippen molar-refractivity contribution in [2.45, 2.75) is 0 Å². The van der Waals surface area contributed by atoms with Crippen molar-refractivity contribution in [3.63, 3.8) is 0 Å². The van der Waals surface area contributed by atoms with E-state index in [9.17, 15) is 9.59 Å². The zero-order valence-corrected chi connectivity index (χ0v) is 15.9. The topological polar surface area (TPSA) is 72.4 Å². The normalized spacial score (nSPS) is 11.3. The Hall–Kier alpha value is -2.44. The Morgan fingerprint density at radius 1 is 1.27 bits per heavy atom.